The second-order valence-corrected chi connectivity index (χ2v) is 4.97. The minimum Gasteiger partial charge on any atom is -0.309 e. The highest BCUT2D eigenvalue weighted by molar-refractivity contribution is 14.1. The summed E-state index contributed by atoms with van der Waals surface area (Å²) in [6.45, 7) is 5.32. The van der Waals surface area contributed by atoms with Gasteiger partial charge < -0.3 is 5.32 Å². The largest absolute Gasteiger partial charge is 0.309 e. The Balaban J connectivity index is 2.92. The van der Waals surface area contributed by atoms with Gasteiger partial charge in [-0.2, -0.15) is 0 Å². The van der Waals surface area contributed by atoms with Crippen LogP contribution in [0.15, 0.2) is 18.2 Å². The number of benzene rings is 1. The zero-order valence-electron chi connectivity index (χ0n) is 9.89. The van der Waals surface area contributed by atoms with Crippen LogP contribution in [0.2, 0.25) is 0 Å². The minimum absolute atomic E-state index is 0.289. The molecule has 0 saturated carbocycles. The summed E-state index contributed by atoms with van der Waals surface area (Å²) in [6.07, 6.45) is 7.31. The highest BCUT2D eigenvalue weighted by atomic mass is 127. The fourth-order valence-corrected chi connectivity index (χ4v) is 2.40. The molecule has 0 aliphatic rings. The van der Waals surface area contributed by atoms with Gasteiger partial charge in [-0.15, -0.1) is 12.3 Å². The predicted octanol–water partition coefficient (Wildman–Crippen LogP) is 3.66. The summed E-state index contributed by atoms with van der Waals surface area (Å²) in [5, 5.41) is 3.51. The van der Waals surface area contributed by atoms with Crippen molar-refractivity contribution in [2.24, 2.45) is 0 Å². The molecule has 16 heavy (non-hydrogen) atoms. The normalized spacial score (nSPS) is 12.1. The van der Waals surface area contributed by atoms with E-state index in [4.69, 9.17) is 6.42 Å². The lowest BCUT2D eigenvalue weighted by Crippen LogP contribution is -2.22. The summed E-state index contributed by atoms with van der Waals surface area (Å²) < 4.78 is 1.32. The molecule has 0 aliphatic heterocycles. The number of rotatable bonds is 5. The molecule has 0 fully saturated rings. The monoisotopic (exact) mass is 327 g/mol. The molecule has 0 amide bonds. The maximum atomic E-state index is 5.43. The Bertz CT molecular complexity index is 379. The number of terminal acetylenes is 1. The fourth-order valence-electron chi connectivity index (χ4n) is 1.67. The third-order valence-corrected chi connectivity index (χ3v) is 4.03. The van der Waals surface area contributed by atoms with Crippen molar-refractivity contribution in [2.75, 3.05) is 6.54 Å². The van der Waals surface area contributed by atoms with Gasteiger partial charge in [-0.1, -0.05) is 25.1 Å². The molecule has 86 valence electrons. The first-order valence-corrected chi connectivity index (χ1v) is 6.70. The van der Waals surface area contributed by atoms with Crippen molar-refractivity contribution in [3.8, 4) is 12.3 Å². The zero-order valence-corrected chi connectivity index (χ0v) is 12.0. The van der Waals surface area contributed by atoms with Gasteiger partial charge in [-0.3, -0.25) is 0 Å². The lowest BCUT2D eigenvalue weighted by Gasteiger charge is -2.19. The summed E-state index contributed by atoms with van der Waals surface area (Å²) in [4.78, 5) is 0. The molecule has 1 nitrogen and oxygen atoms in total. The molecule has 0 aromatic heterocycles. The standard InChI is InChI=1S/C14H18IN/c1-4-7-13(16-10-5-2)12-9-6-8-11(3)14(12)15/h1,6,8-9,13,16H,5,7,10H2,2-3H3. The number of hydrogen-bond acceptors (Lipinski definition) is 1. The van der Waals surface area contributed by atoms with Crippen molar-refractivity contribution in [1.29, 1.82) is 0 Å². The first-order valence-electron chi connectivity index (χ1n) is 5.62. The Kier molecular flexibility index (Phi) is 5.86. The van der Waals surface area contributed by atoms with Crippen LogP contribution < -0.4 is 5.32 Å². The molecule has 0 radical (unpaired) electrons. The molecule has 0 bridgehead atoms. The first kappa shape index (κ1) is 13.5. The topological polar surface area (TPSA) is 12.0 Å². The molecule has 0 aliphatic carbocycles. The van der Waals surface area contributed by atoms with Crippen LogP contribution in [0, 0.1) is 22.8 Å². The fraction of sp³-hybridized carbons (Fsp3) is 0.429. The Morgan fingerprint density at radius 3 is 2.88 bits per heavy atom. The average molecular weight is 327 g/mol. The molecular weight excluding hydrogens is 309 g/mol. The summed E-state index contributed by atoms with van der Waals surface area (Å²) >= 11 is 2.40. The van der Waals surface area contributed by atoms with E-state index in [0.29, 0.717) is 0 Å². The van der Waals surface area contributed by atoms with E-state index in [0.717, 1.165) is 19.4 Å². The lowest BCUT2D eigenvalue weighted by molar-refractivity contribution is 0.540. The second kappa shape index (κ2) is 6.93. The van der Waals surface area contributed by atoms with Gasteiger partial charge in [0.25, 0.3) is 0 Å². The van der Waals surface area contributed by atoms with E-state index in [1.54, 1.807) is 0 Å². The van der Waals surface area contributed by atoms with Crippen molar-refractivity contribution in [1.82, 2.24) is 5.32 Å². The summed E-state index contributed by atoms with van der Waals surface area (Å²) in [5.74, 6) is 2.76. The van der Waals surface area contributed by atoms with Crippen molar-refractivity contribution < 1.29 is 0 Å². The molecule has 1 atom stereocenters. The highest BCUT2D eigenvalue weighted by Crippen LogP contribution is 2.24. The smallest absolute Gasteiger partial charge is 0.0441 e. The van der Waals surface area contributed by atoms with Gasteiger partial charge in [0.2, 0.25) is 0 Å². The van der Waals surface area contributed by atoms with E-state index in [1.807, 2.05) is 0 Å². The Morgan fingerprint density at radius 2 is 2.25 bits per heavy atom. The number of aryl methyl sites for hydroxylation is 1. The highest BCUT2D eigenvalue weighted by Gasteiger charge is 2.13. The van der Waals surface area contributed by atoms with Crippen LogP contribution in [0.4, 0.5) is 0 Å². The van der Waals surface area contributed by atoms with Crippen LogP contribution in [0.5, 0.6) is 0 Å². The molecule has 1 aromatic rings. The van der Waals surface area contributed by atoms with Gasteiger partial charge in [0.1, 0.15) is 0 Å². The van der Waals surface area contributed by atoms with Crippen molar-refractivity contribution in [3.05, 3.63) is 32.9 Å². The van der Waals surface area contributed by atoms with E-state index in [1.165, 1.54) is 14.7 Å². The summed E-state index contributed by atoms with van der Waals surface area (Å²) in [6, 6.07) is 6.69. The van der Waals surface area contributed by atoms with Gasteiger partial charge in [0.15, 0.2) is 0 Å². The van der Waals surface area contributed by atoms with Crippen LogP contribution in [0.25, 0.3) is 0 Å². The minimum atomic E-state index is 0.289. The van der Waals surface area contributed by atoms with Gasteiger partial charge in [0.05, 0.1) is 0 Å². The molecular formula is C14H18IN. The Labute approximate surface area is 112 Å². The van der Waals surface area contributed by atoms with E-state index in [9.17, 15) is 0 Å². The third-order valence-electron chi connectivity index (χ3n) is 2.56. The quantitative estimate of drug-likeness (QED) is 0.643. The van der Waals surface area contributed by atoms with Crippen LogP contribution >= 0.6 is 22.6 Å². The molecule has 0 spiro atoms. The maximum absolute atomic E-state index is 5.43. The molecule has 1 N–H and O–H groups in total. The third kappa shape index (κ3) is 3.50. The van der Waals surface area contributed by atoms with Crippen molar-refractivity contribution in [2.45, 2.75) is 32.7 Å². The Morgan fingerprint density at radius 1 is 1.50 bits per heavy atom. The number of nitrogens with one attached hydrogen (secondary N) is 1. The lowest BCUT2D eigenvalue weighted by atomic mass is 10.0. The van der Waals surface area contributed by atoms with Crippen LogP contribution in [-0.4, -0.2) is 6.54 Å². The summed E-state index contributed by atoms with van der Waals surface area (Å²) in [7, 11) is 0. The van der Waals surface area contributed by atoms with Crippen molar-refractivity contribution >= 4 is 22.6 Å². The van der Waals surface area contributed by atoms with E-state index >= 15 is 0 Å². The summed E-state index contributed by atoms with van der Waals surface area (Å²) in [5.41, 5.74) is 2.64. The molecule has 0 heterocycles. The van der Waals surface area contributed by atoms with E-state index in [-0.39, 0.29) is 6.04 Å². The predicted molar refractivity (Wildman–Crippen MR) is 78.4 cm³/mol. The molecule has 2 heteroatoms. The first-order chi connectivity index (χ1) is 7.70. The van der Waals surface area contributed by atoms with Gasteiger partial charge in [-0.25, -0.2) is 0 Å². The maximum Gasteiger partial charge on any atom is 0.0441 e. The molecule has 0 saturated heterocycles. The second-order valence-electron chi connectivity index (χ2n) is 3.89. The molecule has 1 rings (SSSR count). The zero-order chi connectivity index (χ0) is 12.0. The van der Waals surface area contributed by atoms with Crippen molar-refractivity contribution in [3.63, 3.8) is 0 Å². The Hall–Kier alpha value is -0.530. The number of hydrogen-bond donors (Lipinski definition) is 1. The van der Waals surface area contributed by atoms with Crippen LogP contribution in [0.1, 0.15) is 36.9 Å². The van der Waals surface area contributed by atoms with Gasteiger partial charge in [-0.05, 0) is 53.6 Å². The van der Waals surface area contributed by atoms with Gasteiger partial charge in [0, 0.05) is 16.0 Å². The average Bonchev–Trinajstić information content (AvgIpc) is 2.28. The number of halogens is 1. The van der Waals surface area contributed by atoms with Crippen LogP contribution in [0.3, 0.4) is 0 Å². The van der Waals surface area contributed by atoms with Gasteiger partial charge >= 0.3 is 0 Å². The molecule has 1 aromatic carbocycles. The van der Waals surface area contributed by atoms with E-state index < -0.39 is 0 Å². The molecule has 1 unspecified atom stereocenters. The van der Waals surface area contributed by atoms with Crippen LogP contribution in [-0.2, 0) is 0 Å². The van der Waals surface area contributed by atoms with E-state index in [2.05, 4.69) is 65.9 Å². The SMILES string of the molecule is C#CCC(NCCC)c1cccc(C)c1I.